The molecule has 0 heterocycles. The largest absolute Gasteiger partial charge is 0.0793 e. The monoisotopic (exact) mass is 170 g/mol. The van der Waals surface area contributed by atoms with Crippen LogP contribution in [0.1, 0.15) is 12.8 Å². The zero-order chi connectivity index (χ0) is 5.56. The van der Waals surface area contributed by atoms with Crippen molar-refractivity contribution in [1.29, 1.82) is 0 Å². The molecule has 1 heteroatoms. The molecule has 1 fully saturated rings. The van der Waals surface area contributed by atoms with E-state index in [1.54, 1.807) is 11.1 Å². The number of alkyl halides is 1. The number of fused-ring (bicyclic) bond motifs is 2. The van der Waals surface area contributed by atoms with Crippen LogP contribution in [0.3, 0.4) is 0 Å². The molecule has 0 aromatic heterocycles. The molecule has 0 N–H and O–H groups in total. The van der Waals surface area contributed by atoms with Crippen molar-refractivity contribution < 1.29 is 0 Å². The van der Waals surface area contributed by atoms with E-state index in [0.29, 0.717) is 4.83 Å². The van der Waals surface area contributed by atoms with Crippen molar-refractivity contribution in [2.24, 2.45) is 0 Å². The first-order chi connectivity index (χ1) is 3.88. The average molecular weight is 171 g/mol. The molecule has 8 heavy (non-hydrogen) atoms. The lowest BCUT2D eigenvalue weighted by molar-refractivity contribution is 1.04. The molecule has 0 aromatic carbocycles. The van der Waals surface area contributed by atoms with Crippen LogP contribution in [0.15, 0.2) is 23.3 Å². The molecular weight excluding hydrogens is 164 g/mol. The molecule has 0 aliphatic heterocycles. The minimum absolute atomic E-state index is 0.627. The lowest BCUT2D eigenvalue weighted by atomic mass is 10.2. The van der Waals surface area contributed by atoms with E-state index in [9.17, 15) is 0 Å². The van der Waals surface area contributed by atoms with Crippen molar-refractivity contribution in [3.05, 3.63) is 23.3 Å². The van der Waals surface area contributed by atoms with Crippen LogP contribution in [0, 0.1) is 0 Å². The molecule has 0 spiro atoms. The fraction of sp³-hybridized carbons (Fsp3) is 0.429. The molecular formula is C7H7Br. The highest BCUT2D eigenvalue weighted by Gasteiger charge is 2.25. The maximum Gasteiger partial charge on any atom is 0.0570 e. The number of hydrogen-bond acceptors (Lipinski definition) is 0. The Bertz CT molecular complexity index is 157. The van der Waals surface area contributed by atoms with Gasteiger partial charge in [-0.2, -0.15) is 0 Å². The molecule has 0 saturated heterocycles. The first kappa shape index (κ1) is 4.80. The van der Waals surface area contributed by atoms with E-state index in [1.807, 2.05) is 0 Å². The summed E-state index contributed by atoms with van der Waals surface area (Å²) >= 11 is 3.59. The van der Waals surface area contributed by atoms with Crippen molar-refractivity contribution in [2.75, 3.05) is 0 Å². The molecule has 2 aliphatic carbocycles. The molecule has 1 saturated carbocycles. The topological polar surface area (TPSA) is 0 Å². The second-order valence-electron chi connectivity index (χ2n) is 2.35. The van der Waals surface area contributed by atoms with Gasteiger partial charge in [0.15, 0.2) is 0 Å². The summed E-state index contributed by atoms with van der Waals surface area (Å²) in [5, 5.41) is 0. The number of rotatable bonds is 0. The molecule has 2 aliphatic rings. The van der Waals surface area contributed by atoms with Gasteiger partial charge in [-0.15, -0.1) is 0 Å². The highest BCUT2D eigenvalue weighted by Crippen LogP contribution is 2.39. The summed E-state index contributed by atoms with van der Waals surface area (Å²) < 4.78 is 0. The predicted molar refractivity (Wildman–Crippen MR) is 38.1 cm³/mol. The molecule has 0 nitrogen and oxygen atoms in total. The normalized spacial score (nSPS) is 26.1. The Hall–Kier alpha value is -0.0400. The third-order valence-corrected chi connectivity index (χ3v) is 3.04. The Labute approximate surface area is 57.4 Å². The fourth-order valence-corrected chi connectivity index (χ4v) is 2.09. The third kappa shape index (κ3) is 0.455. The Morgan fingerprint density at radius 1 is 1.25 bits per heavy atom. The summed E-state index contributed by atoms with van der Waals surface area (Å²) in [7, 11) is 0. The Morgan fingerprint density at radius 2 is 1.75 bits per heavy atom. The standard InChI is InChI=1S/C7H7Br/c8-7-5-1-2-6(7)4-3-5/h1-2,7H,3-4H2. The van der Waals surface area contributed by atoms with Gasteiger partial charge in [-0.05, 0) is 12.8 Å². The summed E-state index contributed by atoms with van der Waals surface area (Å²) in [6, 6.07) is 0. The first-order valence-electron chi connectivity index (χ1n) is 2.91. The highest BCUT2D eigenvalue weighted by atomic mass is 79.9. The van der Waals surface area contributed by atoms with E-state index in [2.05, 4.69) is 28.1 Å². The summed E-state index contributed by atoms with van der Waals surface area (Å²) in [5.74, 6) is 0. The summed E-state index contributed by atoms with van der Waals surface area (Å²) in [4.78, 5) is 0.627. The minimum atomic E-state index is 0.627. The van der Waals surface area contributed by atoms with Gasteiger partial charge in [0, 0.05) is 0 Å². The maximum absolute atomic E-state index is 3.59. The molecule has 0 radical (unpaired) electrons. The summed E-state index contributed by atoms with van der Waals surface area (Å²) in [6.07, 6.45) is 7.06. The molecule has 0 atom stereocenters. The van der Waals surface area contributed by atoms with Crippen LogP contribution in [0.25, 0.3) is 0 Å². The zero-order valence-electron chi connectivity index (χ0n) is 4.52. The van der Waals surface area contributed by atoms with Gasteiger partial charge in [0.2, 0.25) is 0 Å². The SMILES string of the molecule is BrC1C2=CC=C1CC2. The van der Waals surface area contributed by atoms with Crippen LogP contribution >= 0.6 is 15.9 Å². The number of halogens is 1. The molecule has 2 bridgehead atoms. The molecule has 0 amide bonds. The summed E-state index contributed by atoms with van der Waals surface area (Å²) in [6.45, 7) is 0. The highest BCUT2D eigenvalue weighted by molar-refractivity contribution is 9.09. The Kier molecular flexibility index (Phi) is 0.884. The first-order valence-corrected chi connectivity index (χ1v) is 3.83. The van der Waals surface area contributed by atoms with Crippen LogP contribution in [0.2, 0.25) is 0 Å². The second-order valence-corrected chi connectivity index (χ2v) is 3.26. The smallest absolute Gasteiger partial charge is 0.0570 e. The van der Waals surface area contributed by atoms with E-state index < -0.39 is 0 Å². The van der Waals surface area contributed by atoms with E-state index in [0.717, 1.165) is 0 Å². The predicted octanol–water partition coefficient (Wildman–Crippen LogP) is 2.41. The minimum Gasteiger partial charge on any atom is -0.0793 e. The number of allylic oxidation sites excluding steroid dienone is 4. The molecule has 2 rings (SSSR count). The van der Waals surface area contributed by atoms with Crippen LogP contribution in [-0.4, -0.2) is 4.83 Å². The van der Waals surface area contributed by atoms with Crippen LogP contribution in [0.4, 0.5) is 0 Å². The average Bonchev–Trinajstić information content (AvgIpc) is 2.29. The van der Waals surface area contributed by atoms with Gasteiger partial charge in [0.1, 0.15) is 0 Å². The van der Waals surface area contributed by atoms with Gasteiger partial charge < -0.3 is 0 Å². The van der Waals surface area contributed by atoms with Gasteiger partial charge in [0.25, 0.3) is 0 Å². The Balaban J connectivity index is 2.44. The van der Waals surface area contributed by atoms with Crippen LogP contribution in [0.5, 0.6) is 0 Å². The lowest BCUT2D eigenvalue weighted by Crippen LogP contribution is -1.87. The van der Waals surface area contributed by atoms with E-state index in [-0.39, 0.29) is 0 Å². The van der Waals surface area contributed by atoms with Crippen molar-refractivity contribution in [1.82, 2.24) is 0 Å². The quantitative estimate of drug-likeness (QED) is 0.491. The van der Waals surface area contributed by atoms with Crippen molar-refractivity contribution in [3.63, 3.8) is 0 Å². The van der Waals surface area contributed by atoms with Gasteiger partial charge in [-0.1, -0.05) is 39.2 Å². The van der Waals surface area contributed by atoms with E-state index in [1.165, 1.54) is 12.8 Å². The summed E-state index contributed by atoms with van der Waals surface area (Å²) in [5.41, 5.74) is 3.14. The van der Waals surface area contributed by atoms with E-state index in [4.69, 9.17) is 0 Å². The van der Waals surface area contributed by atoms with Crippen molar-refractivity contribution >= 4 is 15.9 Å². The Morgan fingerprint density at radius 3 is 1.88 bits per heavy atom. The van der Waals surface area contributed by atoms with E-state index >= 15 is 0 Å². The van der Waals surface area contributed by atoms with Gasteiger partial charge in [-0.25, -0.2) is 0 Å². The molecule has 42 valence electrons. The third-order valence-electron chi connectivity index (χ3n) is 1.86. The zero-order valence-corrected chi connectivity index (χ0v) is 6.11. The van der Waals surface area contributed by atoms with Gasteiger partial charge in [-0.3, -0.25) is 0 Å². The molecule has 0 aromatic rings. The fourth-order valence-electron chi connectivity index (χ4n) is 1.33. The van der Waals surface area contributed by atoms with Crippen molar-refractivity contribution in [3.8, 4) is 0 Å². The van der Waals surface area contributed by atoms with Gasteiger partial charge >= 0.3 is 0 Å². The van der Waals surface area contributed by atoms with Crippen molar-refractivity contribution in [2.45, 2.75) is 17.7 Å². The van der Waals surface area contributed by atoms with Crippen LogP contribution < -0.4 is 0 Å². The molecule has 0 unspecified atom stereocenters. The lowest BCUT2D eigenvalue weighted by Gasteiger charge is -1.94. The van der Waals surface area contributed by atoms with Gasteiger partial charge in [0.05, 0.1) is 4.83 Å². The van der Waals surface area contributed by atoms with Crippen LogP contribution in [-0.2, 0) is 0 Å². The number of hydrogen-bond donors (Lipinski definition) is 0. The maximum atomic E-state index is 3.59. The second kappa shape index (κ2) is 1.47.